The number of hydrogen-bond donors (Lipinski definition) is 0. The van der Waals surface area contributed by atoms with Crippen molar-refractivity contribution in [2.45, 2.75) is 19.8 Å². The monoisotopic (exact) mass is 280 g/mol. The van der Waals surface area contributed by atoms with E-state index in [1.54, 1.807) is 0 Å². The van der Waals surface area contributed by atoms with Crippen molar-refractivity contribution in [1.29, 1.82) is 5.26 Å². The van der Waals surface area contributed by atoms with Crippen LogP contribution in [-0.2, 0) is 0 Å². The first-order valence-electron chi connectivity index (χ1n) is 5.66. The summed E-state index contributed by atoms with van der Waals surface area (Å²) in [7, 11) is 1.35. The van der Waals surface area contributed by atoms with Gasteiger partial charge in [-0.2, -0.15) is 5.26 Å². The van der Waals surface area contributed by atoms with Gasteiger partial charge in [-0.05, 0) is 24.1 Å². The van der Waals surface area contributed by atoms with Crippen molar-refractivity contribution in [2.75, 3.05) is 7.11 Å². The molecule has 1 aromatic rings. The fourth-order valence-electron chi connectivity index (χ4n) is 1.60. The second kappa shape index (κ2) is 6.76. The number of benzene rings is 1. The third-order valence-corrected chi connectivity index (χ3v) is 2.98. The summed E-state index contributed by atoms with van der Waals surface area (Å²) in [5.74, 6) is 0.120. The summed E-state index contributed by atoms with van der Waals surface area (Å²) in [6.07, 6.45) is 1.36. The molecule has 0 saturated heterocycles. The minimum atomic E-state index is -0.530. The van der Waals surface area contributed by atoms with Crippen LogP contribution >= 0.6 is 11.6 Å². The predicted molar refractivity (Wildman–Crippen MR) is 72.9 cm³/mol. The zero-order valence-corrected chi connectivity index (χ0v) is 11.4. The van der Waals surface area contributed by atoms with Gasteiger partial charge in [0.2, 0.25) is 0 Å². The SMILES string of the molecule is CCC/C(C#N)=C(/Cl)c1ccc([N+](=O)[O-])c(OC)c1. The summed E-state index contributed by atoms with van der Waals surface area (Å²) in [4.78, 5) is 10.3. The average molecular weight is 281 g/mol. The Labute approximate surface area is 116 Å². The minimum absolute atomic E-state index is 0.120. The molecule has 1 rings (SSSR count). The van der Waals surface area contributed by atoms with Crippen LogP contribution in [-0.4, -0.2) is 12.0 Å². The first kappa shape index (κ1) is 15.0. The largest absolute Gasteiger partial charge is 0.490 e. The molecule has 0 aromatic heterocycles. The number of nitro groups is 1. The van der Waals surface area contributed by atoms with Crippen LogP contribution in [0.25, 0.3) is 5.03 Å². The lowest BCUT2D eigenvalue weighted by Crippen LogP contribution is -1.95. The van der Waals surface area contributed by atoms with Crippen LogP contribution in [0.2, 0.25) is 0 Å². The first-order valence-corrected chi connectivity index (χ1v) is 6.04. The Bertz CT molecular complexity index is 561. The molecule has 0 aliphatic heterocycles. The molecule has 0 spiro atoms. The Morgan fingerprint density at radius 2 is 2.26 bits per heavy atom. The van der Waals surface area contributed by atoms with E-state index in [-0.39, 0.29) is 11.4 Å². The molecule has 0 saturated carbocycles. The maximum atomic E-state index is 10.8. The number of halogens is 1. The molecule has 1 aromatic carbocycles. The molecule has 0 unspecified atom stereocenters. The van der Waals surface area contributed by atoms with Crippen LogP contribution in [0.4, 0.5) is 5.69 Å². The van der Waals surface area contributed by atoms with Gasteiger partial charge in [0.05, 0.1) is 23.1 Å². The molecule has 19 heavy (non-hydrogen) atoms. The fraction of sp³-hybridized carbons (Fsp3) is 0.308. The Kier molecular flexibility index (Phi) is 5.34. The number of allylic oxidation sites excluding steroid dienone is 1. The van der Waals surface area contributed by atoms with E-state index in [2.05, 4.69) is 0 Å². The molecule has 6 heteroatoms. The third-order valence-electron chi connectivity index (χ3n) is 2.53. The maximum Gasteiger partial charge on any atom is 0.310 e. The molecule has 0 N–H and O–H groups in total. The highest BCUT2D eigenvalue weighted by Crippen LogP contribution is 2.33. The summed E-state index contributed by atoms with van der Waals surface area (Å²) in [5, 5.41) is 20.1. The van der Waals surface area contributed by atoms with E-state index in [0.29, 0.717) is 22.6 Å². The van der Waals surface area contributed by atoms with Crippen LogP contribution in [0.5, 0.6) is 5.75 Å². The van der Waals surface area contributed by atoms with E-state index in [0.717, 1.165) is 6.42 Å². The van der Waals surface area contributed by atoms with E-state index in [1.165, 1.54) is 25.3 Å². The normalized spacial score (nSPS) is 11.5. The Balaban J connectivity index is 3.30. The van der Waals surface area contributed by atoms with Crippen LogP contribution < -0.4 is 4.74 Å². The van der Waals surface area contributed by atoms with Gasteiger partial charge in [-0.3, -0.25) is 10.1 Å². The van der Waals surface area contributed by atoms with Gasteiger partial charge in [0.15, 0.2) is 5.75 Å². The van der Waals surface area contributed by atoms with Gasteiger partial charge in [0.1, 0.15) is 0 Å². The summed E-state index contributed by atoms with van der Waals surface area (Å²) in [5.41, 5.74) is 0.860. The molecule has 0 amide bonds. The average Bonchev–Trinajstić information content (AvgIpc) is 2.43. The lowest BCUT2D eigenvalue weighted by Gasteiger charge is -2.06. The number of rotatable bonds is 5. The van der Waals surface area contributed by atoms with Gasteiger partial charge in [0.25, 0.3) is 0 Å². The summed E-state index contributed by atoms with van der Waals surface area (Å²) in [6.45, 7) is 1.94. The number of nitro benzene ring substituents is 1. The van der Waals surface area contributed by atoms with E-state index in [1.807, 2.05) is 13.0 Å². The summed E-state index contributed by atoms with van der Waals surface area (Å²) in [6, 6.07) is 6.34. The minimum Gasteiger partial charge on any atom is -0.490 e. The van der Waals surface area contributed by atoms with E-state index < -0.39 is 4.92 Å². The summed E-state index contributed by atoms with van der Waals surface area (Å²) < 4.78 is 4.97. The smallest absolute Gasteiger partial charge is 0.310 e. The Morgan fingerprint density at radius 1 is 1.58 bits per heavy atom. The van der Waals surface area contributed by atoms with Crippen molar-refractivity contribution in [2.24, 2.45) is 0 Å². The van der Waals surface area contributed by atoms with E-state index in [9.17, 15) is 10.1 Å². The zero-order valence-electron chi connectivity index (χ0n) is 10.6. The molecule has 0 aliphatic carbocycles. The highest BCUT2D eigenvalue weighted by Gasteiger charge is 2.16. The van der Waals surface area contributed by atoms with Gasteiger partial charge in [-0.1, -0.05) is 24.9 Å². The van der Waals surface area contributed by atoms with Crippen LogP contribution in [0.15, 0.2) is 23.8 Å². The maximum absolute atomic E-state index is 10.8. The Morgan fingerprint density at radius 3 is 2.74 bits per heavy atom. The van der Waals surface area contributed by atoms with Crippen LogP contribution in [0.1, 0.15) is 25.3 Å². The summed E-state index contributed by atoms with van der Waals surface area (Å²) >= 11 is 6.14. The highest BCUT2D eigenvalue weighted by atomic mass is 35.5. The van der Waals surface area contributed by atoms with E-state index >= 15 is 0 Å². The number of nitriles is 1. The number of ether oxygens (including phenoxy) is 1. The number of nitrogens with zero attached hydrogens (tertiary/aromatic N) is 2. The molecular formula is C13H13ClN2O3. The number of methoxy groups -OCH3 is 1. The lowest BCUT2D eigenvalue weighted by molar-refractivity contribution is -0.385. The molecule has 0 atom stereocenters. The third kappa shape index (κ3) is 3.46. The molecule has 0 fully saturated rings. The lowest BCUT2D eigenvalue weighted by atomic mass is 10.1. The Hall–Kier alpha value is -2.06. The predicted octanol–water partition coefficient (Wildman–Crippen LogP) is 3.88. The highest BCUT2D eigenvalue weighted by molar-refractivity contribution is 6.49. The van der Waals surface area contributed by atoms with Crippen LogP contribution in [0, 0.1) is 21.4 Å². The molecule has 0 bridgehead atoms. The first-order chi connectivity index (χ1) is 9.04. The van der Waals surface area contributed by atoms with Gasteiger partial charge >= 0.3 is 5.69 Å². The van der Waals surface area contributed by atoms with Gasteiger partial charge < -0.3 is 4.74 Å². The second-order valence-corrected chi connectivity index (χ2v) is 4.18. The van der Waals surface area contributed by atoms with Crippen molar-refractivity contribution in [3.05, 3.63) is 39.4 Å². The van der Waals surface area contributed by atoms with Crippen molar-refractivity contribution in [3.8, 4) is 11.8 Å². The van der Waals surface area contributed by atoms with Crippen molar-refractivity contribution < 1.29 is 9.66 Å². The molecule has 100 valence electrons. The standard InChI is InChI=1S/C13H13ClN2O3/c1-3-4-10(8-15)13(14)9-5-6-11(16(17)18)12(7-9)19-2/h5-7H,3-4H2,1-2H3/b13-10-. The van der Waals surface area contributed by atoms with E-state index in [4.69, 9.17) is 21.6 Å². The molecule has 0 heterocycles. The van der Waals surface area contributed by atoms with Gasteiger partial charge in [-0.25, -0.2) is 0 Å². The molecule has 0 aliphatic rings. The second-order valence-electron chi connectivity index (χ2n) is 3.80. The zero-order chi connectivity index (χ0) is 14.4. The van der Waals surface area contributed by atoms with Crippen molar-refractivity contribution >= 4 is 22.3 Å². The van der Waals surface area contributed by atoms with Crippen LogP contribution in [0.3, 0.4) is 0 Å². The van der Waals surface area contributed by atoms with Gasteiger partial charge in [0, 0.05) is 11.6 Å². The fourth-order valence-corrected chi connectivity index (χ4v) is 1.86. The number of hydrogen-bond acceptors (Lipinski definition) is 4. The van der Waals surface area contributed by atoms with Crippen molar-refractivity contribution in [3.63, 3.8) is 0 Å². The van der Waals surface area contributed by atoms with Crippen molar-refractivity contribution in [1.82, 2.24) is 0 Å². The quantitative estimate of drug-likeness (QED) is 0.466. The molecule has 5 nitrogen and oxygen atoms in total. The molecular weight excluding hydrogens is 268 g/mol. The topological polar surface area (TPSA) is 76.2 Å². The molecule has 0 radical (unpaired) electrons. The van der Waals surface area contributed by atoms with Gasteiger partial charge in [-0.15, -0.1) is 0 Å².